The molecule has 14 N–H and O–H groups in total. The van der Waals surface area contributed by atoms with Crippen molar-refractivity contribution >= 4 is 84.4 Å². The number of aliphatic hydroxyl groups excluding tert-OH is 3. The molecule has 2 aromatic carbocycles. The van der Waals surface area contributed by atoms with Gasteiger partial charge in [0, 0.05) is 39.5 Å². The zero-order valence-corrected chi connectivity index (χ0v) is 42.0. The topological polar surface area (TPSA) is 284 Å². The van der Waals surface area contributed by atoms with Crippen LogP contribution >= 0.6 is 34.8 Å². The maximum atomic E-state index is 15.2. The second-order valence-electron chi connectivity index (χ2n) is 14.7. The number of hydrogen-bond donors (Lipinski definition) is 11. The van der Waals surface area contributed by atoms with Crippen molar-refractivity contribution in [1.29, 1.82) is 0 Å². The smallest absolute Gasteiger partial charge is 1.00 e. The van der Waals surface area contributed by atoms with E-state index in [0.29, 0.717) is 36.2 Å². The van der Waals surface area contributed by atoms with Crippen molar-refractivity contribution in [3.63, 3.8) is 0 Å². The molecular formula is C42H64BCl3F2N8NaO8. The van der Waals surface area contributed by atoms with Crippen LogP contribution in [0, 0.1) is 23.7 Å². The van der Waals surface area contributed by atoms with E-state index in [-0.39, 0.29) is 90.6 Å². The average molecular weight is 987 g/mol. The summed E-state index contributed by atoms with van der Waals surface area (Å²) < 4.78 is 27.3. The van der Waals surface area contributed by atoms with Gasteiger partial charge < -0.3 is 60.5 Å². The Balaban J connectivity index is -0.000000534. The van der Waals surface area contributed by atoms with Crippen LogP contribution in [0.25, 0.3) is 0 Å². The Kier molecular flexibility index (Phi) is 36.1. The van der Waals surface area contributed by atoms with Crippen LogP contribution in [0.1, 0.15) is 72.9 Å². The van der Waals surface area contributed by atoms with Gasteiger partial charge in [-0.1, -0.05) is 86.8 Å². The number of nitrogens with two attached hydrogens (primary N) is 3. The van der Waals surface area contributed by atoms with Gasteiger partial charge in [-0.2, -0.15) is 0 Å². The monoisotopic (exact) mass is 985 g/mol. The summed E-state index contributed by atoms with van der Waals surface area (Å²) in [6.07, 6.45) is 3.63. The minimum atomic E-state index is -2.27. The van der Waals surface area contributed by atoms with Gasteiger partial charge in [0.2, 0.25) is 11.8 Å². The van der Waals surface area contributed by atoms with Crippen molar-refractivity contribution in [2.45, 2.75) is 89.4 Å². The van der Waals surface area contributed by atoms with Gasteiger partial charge in [-0.3, -0.25) is 14.4 Å². The van der Waals surface area contributed by atoms with E-state index in [0.717, 1.165) is 11.6 Å². The first-order valence-electron chi connectivity index (χ1n) is 20.1. The Bertz CT molecular complexity index is 1790. The molecule has 0 aliphatic carbocycles. The molecule has 4 atom stereocenters. The van der Waals surface area contributed by atoms with Crippen molar-refractivity contribution < 1.29 is 79.1 Å². The number of anilines is 2. The first kappa shape index (κ1) is 65.8. The summed E-state index contributed by atoms with van der Waals surface area (Å²) >= 11 is 16.7. The van der Waals surface area contributed by atoms with E-state index in [1.165, 1.54) is 6.08 Å². The molecule has 0 aromatic heterocycles. The number of nitrogens with one attached hydrogen (secondary N) is 5. The molecule has 0 saturated heterocycles. The molecule has 0 heterocycles. The van der Waals surface area contributed by atoms with Crippen LogP contribution in [0.15, 0.2) is 72.3 Å². The Morgan fingerprint density at radius 1 is 0.708 bits per heavy atom. The Morgan fingerprint density at radius 2 is 1.06 bits per heavy atom. The molecule has 359 valence electrons. The Hall–Kier alpha value is -3.50. The molecule has 3 radical (unpaired) electrons. The number of aliphatic hydroxyl groups is 3. The summed E-state index contributed by atoms with van der Waals surface area (Å²) in [5.41, 5.74) is 18.2. The maximum Gasteiger partial charge on any atom is 1.00 e. The van der Waals surface area contributed by atoms with Crippen LogP contribution in [0.4, 0.5) is 29.7 Å². The summed E-state index contributed by atoms with van der Waals surface area (Å²) in [5.74, 6) is -5.39. The molecule has 0 spiro atoms. The summed E-state index contributed by atoms with van der Waals surface area (Å²) in [4.78, 5) is 59.1. The predicted octanol–water partition coefficient (Wildman–Crippen LogP) is 2.30. The fraction of sp³-hybridized carbons (Fsp3) is 0.500. The molecule has 23 heteroatoms. The van der Waals surface area contributed by atoms with Gasteiger partial charge in [0.25, 0.3) is 9.70 Å². The number of carbonyl (C=O) groups excluding carboxylic acids is 5. The van der Waals surface area contributed by atoms with Crippen LogP contribution in [0.2, 0.25) is 0 Å². The van der Waals surface area contributed by atoms with Gasteiger partial charge in [-0.05, 0) is 92.0 Å². The van der Waals surface area contributed by atoms with Crippen LogP contribution in [0.3, 0.4) is 0 Å². The van der Waals surface area contributed by atoms with E-state index in [9.17, 15) is 28.4 Å². The second-order valence-corrected chi connectivity index (χ2v) is 16.9. The first-order chi connectivity index (χ1) is 29.5. The molecule has 7 amide bonds. The second kappa shape index (κ2) is 35.7. The van der Waals surface area contributed by atoms with E-state index >= 15 is 4.39 Å². The van der Waals surface area contributed by atoms with E-state index in [2.05, 4.69) is 26.6 Å². The van der Waals surface area contributed by atoms with Gasteiger partial charge in [-0.15, -0.1) is 0 Å². The van der Waals surface area contributed by atoms with E-state index < -0.39 is 69.2 Å². The average Bonchev–Trinajstić information content (AvgIpc) is 3.21. The van der Waals surface area contributed by atoms with Gasteiger partial charge in [0.15, 0.2) is 0 Å². The maximum absolute atomic E-state index is 15.2. The van der Waals surface area contributed by atoms with Crippen molar-refractivity contribution in [2.24, 2.45) is 40.9 Å². The van der Waals surface area contributed by atoms with Crippen LogP contribution in [-0.2, 0) is 27.6 Å². The SMILES string of the molecule is CC(C)[C@H](N)/C(F)=C/[C@@H](CCCNC(N)=O)C(=O)Nc1ccc(CO)cc1.CC(C)[C@H](NC(=O)C(Cl)(Cl)Cl)/C(F)=C/[C@@H](CCCNC(N)=O)C(=O)Nc1ccc(CO)cc1.CCO.[B].[H-].[Na+]. The molecule has 0 fully saturated rings. The van der Waals surface area contributed by atoms with Crippen molar-refractivity contribution in [3.05, 3.63) is 83.5 Å². The number of amides is 7. The molecule has 65 heavy (non-hydrogen) atoms. The van der Waals surface area contributed by atoms with Crippen LogP contribution in [0.5, 0.6) is 0 Å². The fourth-order valence-corrected chi connectivity index (χ4v) is 5.36. The van der Waals surface area contributed by atoms with E-state index in [1.54, 1.807) is 83.1 Å². The number of primary amides is 2. The zero-order chi connectivity index (χ0) is 48.3. The third kappa shape index (κ3) is 29.0. The van der Waals surface area contributed by atoms with E-state index in [4.69, 9.17) is 67.3 Å². The number of hydrogen-bond acceptors (Lipinski definition) is 9. The molecule has 0 aliphatic heterocycles. The fourth-order valence-electron chi connectivity index (χ4n) is 5.20. The Morgan fingerprint density at radius 3 is 1.35 bits per heavy atom. The molecule has 0 bridgehead atoms. The minimum absolute atomic E-state index is 0. The Labute approximate surface area is 420 Å². The van der Waals surface area contributed by atoms with Gasteiger partial charge >= 0.3 is 41.6 Å². The molecule has 16 nitrogen and oxygen atoms in total. The van der Waals surface area contributed by atoms with Crippen LogP contribution in [-0.4, -0.2) is 89.1 Å². The largest absolute Gasteiger partial charge is 1.00 e. The summed E-state index contributed by atoms with van der Waals surface area (Å²) in [5, 5.41) is 38.4. The van der Waals surface area contributed by atoms with E-state index in [1.807, 2.05) is 0 Å². The molecule has 2 rings (SSSR count). The molecule has 0 aliphatic rings. The zero-order valence-electron chi connectivity index (χ0n) is 38.7. The molecular weight excluding hydrogens is 923 g/mol. The number of carbonyl (C=O) groups is 5. The molecule has 0 unspecified atom stereocenters. The summed E-state index contributed by atoms with van der Waals surface area (Å²) in [6.45, 7) is 9.09. The minimum Gasteiger partial charge on any atom is -1.00 e. The number of alkyl halides is 3. The normalized spacial score (nSPS) is 13.1. The molecule has 2 aromatic rings. The number of benzene rings is 2. The van der Waals surface area contributed by atoms with Gasteiger partial charge in [0.1, 0.15) is 11.7 Å². The number of rotatable bonds is 21. The number of urea groups is 2. The third-order valence-electron chi connectivity index (χ3n) is 8.73. The van der Waals surface area contributed by atoms with Crippen molar-refractivity contribution in [2.75, 3.05) is 30.3 Å². The van der Waals surface area contributed by atoms with Crippen molar-refractivity contribution in [3.8, 4) is 0 Å². The quantitative estimate of drug-likeness (QED) is 0.0497. The first-order valence-corrected chi connectivity index (χ1v) is 21.2. The van der Waals surface area contributed by atoms with Gasteiger partial charge in [-0.25, -0.2) is 18.4 Å². The van der Waals surface area contributed by atoms with Crippen molar-refractivity contribution in [1.82, 2.24) is 16.0 Å². The molecule has 0 saturated carbocycles. The van der Waals surface area contributed by atoms with Crippen LogP contribution < -0.4 is 73.3 Å². The summed E-state index contributed by atoms with van der Waals surface area (Å²) in [6, 6.07) is 9.91. The number of halogens is 5. The standard InChI is InChI=1S/C21H28Cl3FN4O4.C19H29FN4O3.C2H6O.B.Na.H/c1-12(2)17(29-19(32)21(22,23)24)16(25)10-14(4-3-9-27-20(26)33)18(31)28-15-7-5-13(11-30)6-8-15;1-12(2)17(21)16(20)10-14(4-3-9-23-19(22)27)18(26)24-15-7-5-13(11-25)6-8-15;1-2-3;;;/h5-8,10,12,14,17,30H,3-4,9,11H2,1-2H3,(H,28,31)(H,29,32)(H3,26,27,33);5-8,10,12,14,17,25H,3-4,9,11,21H2,1-2H3,(H,24,26)(H3,22,23,27);3H,2H2,1H3;;;/q;;;;+1;-1/b2*16-10-;;;;/t2*14-,17+;;;;/m11..../s1. The van der Waals surface area contributed by atoms with Gasteiger partial charge in [0.05, 0.1) is 37.1 Å². The predicted molar refractivity (Wildman–Crippen MR) is 250 cm³/mol. The third-order valence-corrected chi connectivity index (χ3v) is 9.24. The summed E-state index contributed by atoms with van der Waals surface area (Å²) in [7, 11) is 0.